The van der Waals surface area contributed by atoms with Gasteiger partial charge in [-0.3, -0.25) is 0 Å². The van der Waals surface area contributed by atoms with E-state index in [1.807, 2.05) is 24.3 Å². The van der Waals surface area contributed by atoms with Gasteiger partial charge in [0.1, 0.15) is 0 Å². The number of nitrogens with one attached hydrogen (secondary N) is 1. The first-order valence-electron chi connectivity index (χ1n) is 7.25. The SMILES string of the molecule is CC(CCc1ccccc1)N[C@@H](CO)c1ccccc1. The van der Waals surface area contributed by atoms with Crippen molar-refractivity contribution in [3.63, 3.8) is 0 Å². The number of aliphatic hydroxyl groups excluding tert-OH is 1. The van der Waals surface area contributed by atoms with Crippen LogP contribution < -0.4 is 5.32 Å². The summed E-state index contributed by atoms with van der Waals surface area (Å²) in [5, 5.41) is 13.1. The molecule has 0 amide bonds. The van der Waals surface area contributed by atoms with Crippen molar-refractivity contribution < 1.29 is 5.11 Å². The van der Waals surface area contributed by atoms with Crippen molar-refractivity contribution in [1.82, 2.24) is 5.32 Å². The average Bonchev–Trinajstić information content (AvgIpc) is 2.52. The highest BCUT2D eigenvalue weighted by Crippen LogP contribution is 2.14. The maximum atomic E-state index is 9.55. The molecule has 0 saturated carbocycles. The van der Waals surface area contributed by atoms with E-state index in [-0.39, 0.29) is 12.6 Å². The van der Waals surface area contributed by atoms with Crippen LogP contribution in [0, 0.1) is 0 Å². The minimum absolute atomic E-state index is 0.0157. The molecule has 0 radical (unpaired) electrons. The van der Waals surface area contributed by atoms with Crippen molar-refractivity contribution in [2.24, 2.45) is 0 Å². The highest BCUT2D eigenvalue weighted by atomic mass is 16.3. The molecule has 2 rings (SSSR count). The van der Waals surface area contributed by atoms with Gasteiger partial charge in [0.25, 0.3) is 0 Å². The lowest BCUT2D eigenvalue weighted by Gasteiger charge is -2.22. The van der Waals surface area contributed by atoms with Gasteiger partial charge in [-0.1, -0.05) is 60.7 Å². The van der Waals surface area contributed by atoms with E-state index in [1.54, 1.807) is 0 Å². The standard InChI is InChI=1S/C18H23NO/c1-15(12-13-16-8-4-2-5-9-16)19-18(14-20)17-10-6-3-7-11-17/h2-11,15,18-20H,12-14H2,1H3/t15?,18-/m0/s1. The first-order chi connectivity index (χ1) is 9.79. The highest BCUT2D eigenvalue weighted by Gasteiger charge is 2.12. The van der Waals surface area contributed by atoms with Crippen LogP contribution in [-0.4, -0.2) is 17.8 Å². The van der Waals surface area contributed by atoms with Crippen LogP contribution >= 0.6 is 0 Å². The topological polar surface area (TPSA) is 32.3 Å². The van der Waals surface area contributed by atoms with Gasteiger partial charge in [-0.05, 0) is 30.9 Å². The molecule has 0 aliphatic heterocycles. The third-order valence-electron chi connectivity index (χ3n) is 3.58. The van der Waals surface area contributed by atoms with Crippen LogP contribution in [0.2, 0.25) is 0 Å². The summed E-state index contributed by atoms with van der Waals surface area (Å²) >= 11 is 0. The Balaban J connectivity index is 1.85. The van der Waals surface area contributed by atoms with Crippen LogP contribution in [0.25, 0.3) is 0 Å². The maximum Gasteiger partial charge on any atom is 0.0626 e. The van der Waals surface area contributed by atoms with E-state index in [0.717, 1.165) is 18.4 Å². The lowest BCUT2D eigenvalue weighted by molar-refractivity contribution is 0.233. The van der Waals surface area contributed by atoms with Crippen LogP contribution in [0.1, 0.15) is 30.5 Å². The predicted octanol–water partition coefficient (Wildman–Crippen LogP) is 3.33. The second-order valence-electron chi connectivity index (χ2n) is 5.24. The van der Waals surface area contributed by atoms with Gasteiger partial charge in [-0.25, -0.2) is 0 Å². The van der Waals surface area contributed by atoms with Gasteiger partial charge < -0.3 is 10.4 Å². The van der Waals surface area contributed by atoms with E-state index in [4.69, 9.17) is 0 Å². The van der Waals surface area contributed by atoms with E-state index in [2.05, 4.69) is 48.6 Å². The third-order valence-corrected chi connectivity index (χ3v) is 3.58. The number of hydrogen-bond acceptors (Lipinski definition) is 2. The molecular formula is C18H23NO. The second-order valence-corrected chi connectivity index (χ2v) is 5.24. The fraction of sp³-hybridized carbons (Fsp3) is 0.333. The number of benzene rings is 2. The van der Waals surface area contributed by atoms with E-state index < -0.39 is 0 Å². The zero-order valence-corrected chi connectivity index (χ0v) is 12.0. The van der Waals surface area contributed by atoms with E-state index >= 15 is 0 Å². The summed E-state index contributed by atoms with van der Waals surface area (Å²) in [6.07, 6.45) is 2.12. The summed E-state index contributed by atoms with van der Waals surface area (Å²) in [5.41, 5.74) is 2.50. The Labute approximate surface area is 121 Å². The van der Waals surface area contributed by atoms with Crippen molar-refractivity contribution in [3.8, 4) is 0 Å². The Morgan fingerprint density at radius 2 is 1.55 bits per heavy atom. The largest absolute Gasteiger partial charge is 0.394 e. The van der Waals surface area contributed by atoms with Crippen LogP contribution in [0.5, 0.6) is 0 Å². The van der Waals surface area contributed by atoms with Gasteiger partial charge in [-0.15, -0.1) is 0 Å². The zero-order valence-electron chi connectivity index (χ0n) is 12.0. The van der Waals surface area contributed by atoms with Crippen molar-refractivity contribution in [1.29, 1.82) is 0 Å². The molecular weight excluding hydrogens is 246 g/mol. The van der Waals surface area contributed by atoms with Gasteiger partial charge in [-0.2, -0.15) is 0 Å². The molecule has 2 nitrogen and oxygen atoms in total. The molecule has 0 aliphatic carbocycles. The van der Waals surface area contributed by atoms with Crippen LogP contribution in [-0.2, 0) is 6.42 Å². The predicted molar refractivity (Wildman–Crippen MR) is 83.6 cm³/mol. The average molecular weight is 269 g/mol. The van der Waals surface area contributed by atoms with E-state index in [9.17, 15) is 5.11 Å². The summed E-state index contributed by atoms with van der Waals surface area (Å²) in [5.74, 6) is 0. The molecule has 2 heteroatoms. The van der Waals surface area contributed by atoms with Gasteiger partial charge in [0.15, 0.2) is 0 Å². The van der Waals surface area contributed by atoms with Crippen molar-refractivity contribution in [2.75, 3.05) is 6.61 Å². The van der Waals surface area contributed by atoms with Gasteiger partial charge in [0.2, 0.25) is 0 Å². The van der Waals surface area contributed by atoms with E-state index in [1.165, 1.54) is 5.56 Å². The molecule has 0 aliphatic rings. The summed E-state index contributed by atoms with van der Waals surface area (Å²) in [6, 6.07) is 21.0. The monoisotopic (exact) mass is 269 g/mol. The molecule has 2 N–H and O–H groups in total. The van der Waals surface area contributed by atoms with Gasteiger partial charge >= 0.3 is 0 Å². The fourth-order valence-electron chi connectivity index (χ4n) is 2.39. The summed E-state index contributed by atoms with van der Waals surface area (Å²) in [4.78, 5) is 0. The molecule has 2 aromatic rings. The Bertz CT molecular complexity index is 483. The molecule has 0 heterocycles. The van der Waals surface area contributed by atoms with Crippen LogP contribution in [0.3, 0.4) is 0 Å². The van der Waals surface area contributed by atoms with Gasteiger partial charge in [0, 0.05) is 6.04 Å². The Morgan fingerprint density at radius 1 is 0.950 bits per heavy atom. The van der Waals surface area contributed by atoms with Crippen molar-refractivity contribution >= 4 is 0 Å². The Hall–Kier alpha value is -1.64. The Morgan fingerprint density at radius 3 is 2.15 bits per heavy atom. The Kier molecular flexibility index (Phi) is 5.78. The molecule has 106 valence electrons. The molecule has 0 spiro atoms. The number of rotatable bonds is 7. The molecule has 0 fully saturated rings. The van der Waals surface area contributed by atoms with Crippen molar-refractivity contribution in [3.05, 3.63) is 71.8 Å². The van der Waals surface area contributed by atoms with Crippen LogP contribution in [0.15, 0.2) is 60.7 Å². The third kappa shape index (κ3) is 4.48. The highest BCUT2D eigenvalue weighted by molar-refractivity contribution is 5.19. The number of hydrogen-bond donors (Lipinski definition) is 2. The minimum Gasteiger partial charge on any atom is -0.394 e. The number of aliphatic hydroxyl groups is 1. The molecule has 20 heavy (non-hydrogen) atoms. The summed E-state index contributed by atoms with van der Waals surface area (Å²) < 4.78 is 0. The van der Waals surface area contributed by atoms with Gasteiger partial charge in [0.05, 0.1) is 12.6 Å². The zero-order chi connectivity index (χ0) is 14.2. The molecule has 2 aromatic carbocycles. The molecule has 1 unspecified atom stereocenters. The first kappa shape index (κ1) is 14.8. The molecule has 0 bridgehead atoms. The van der Waals surface area contributed by atoms with E-state index in [0.29, 0.717) is 6.04 Å². The quantitative estimate of drug-likeness (QED) is 0.808. The minimum atomic E-state index is 0.0157. The number of aryl methyl sites for hydroxylation is 1. The molecule has 2 atom stereocenters. The molecule has 0 saturated heterocycles. The van der Waals surface area contributed by atoms with Crippen molar-refractivity contribution in [2.45, 2.75) is 31.8 Å². The summed E-state index contributed by atoms with van der Waals surface area (Å²) in [6.45, 7) is 2.30. The smallest absolute Gasteiger partial charge is 0.0626 e. The lowest BCUT2D eigenvalue weighted by Crippen LogP contribution is -2.33. The first-order valence-corrected chi connectivity index (χ1v) is 7.25. The fourth-order valence-corrected chi connectivity index (χ4v) is 2.39. The lowest BCUT2D eigenvalue weighted by atomic mass is 10.0. The normalized spacial score (nSPS) is 13.9. The van der Waals surface area contributed by atoms with Crippen LogP contribution in [0.4, 0.5) is 0 Å². The second kappa shape index (κ2) is 7.83. The molecule has 0 aromatic heterocycles. The maximum absolute atomic E-state index is 9.55. The summed E-state index contributed by atoms with van der Waals surface area (Å²) in [7, 11) is 0.